The molecule has 1 fully saturated rings. The smallest absolute Gasteiger partial charge is 0.271 e. The van der Waals surface area contributed by atoms with Crippen LogP contribution in [0, 0.1) is 6.20 Å². The van der Waals surface area contributed by atoms with Gasteiger partial charge in [0.25, 0.3) is 5.91 Å². The number of ether oxygens (including phenoxy) is 1. The van der Waals surface area contributed by atoms with Crippen molar-refractivity contribution in [2.45, 2.75) is 29.1 Å². The molecule has 0 aliphatic heterocycles. The molecule has 1 unspecified atom stereocenters. The molecule has 0 bridgehead atoms. The van der Waals surface area contributed by atoms with Crippen LogP contribution in [0.15, 0.2) is 58.8 Å². The number of hydrogen-bond acceptors (Lipinski definition) is 6. The van der Waals surface area contributed by atoms with Crippen LogP contribution in [-0.4, -0.2) is 24.6 Å². The number of halogens is 1. The molecule has 29 heavy (non-hydrogen) atoms. The predicted octanol–water partition coefficient (Wildman–Crippen LogP) is 4.29. The van der Waals surface area contributed by atoms with Gasteiger partial charge in [0.2, 0.25) is 6.10 Å². The largest absolute Gasteiger partial charge is 0.476 e. The van der Waals surface area contributed by atoms with Gasteiger partial charge in [0.1, 0.15) is 11.9 Å². The van der Waals surface area contributed by atoms with Crippen LogP contribution in [-0.2, 0) is 14.6 Å². The van der Waals surface area contributed by atoms with E-state index < -0.39 is 21.8 Å². The van der Waals surface area contributed by atoms with Crippen molar-refractivity contribution in [3.63, 3.8) is 0 Å². The quantitative estimate of drug-likeness (QED) is 0.583. The van der Waals surface area contributed by atoms with E-state index in [1.165, 1.54) is 23.5 Å². The number of hydrogen-bond donors (Lipinski definition) is 1. The van der Waals surface area contributed by atoms with Crippen molar-refractivity contribution in [3.05, 3.63) is 70.7 Å². The minimum absolute atomic E-state index is 0.254. The maximum atomic E-state index is 12.9. The summed E-state index contributed by atoms with van der Waals surface area (Å²) in [7, 11) is -3.30. The van der Waals surface area contributed by atoms with Crippen LogP contribution < -0.4 is 10.1 Å². The van der Waals surface area contributed by atoms with Gasteiger partial charge >= 0.3 is 0 Å². The lowest BCUT2D eigenvalue weighted by molar-refractivity contribution is -0.123. The summed E-state index contributed by atoms with van der Waals surface area (Å²) in [6, 6.07) is 12.9. The van der Waals surface area contributed by atoms with Crippen molar-refractivity contribution in [3.8, 4) is 5.75 Å². The minimum Gasteiger partial charge on any atom is -0.476 e. The van der Waals surface area contributed by atoms with Crippen molar-refractivity contribution in [1.82, 2.24) is 4.98 Å². The Balaban J connectivity index is 1.61. The summed E-state index contributed by atoms with van der Waals surface area (Å²) in [6.07, 6.45) is 3.03. The zero-order chi connectivity index (χ0) is 20.4. The molecule has 3 aromatic rings. The van der Waals surface area contributed by atoms with Crippen molar-refractivity contribution < 1.29 is 17.9 Å². The fraction of sp³-hybridized carbons (Fsp3) is 0.200. The van der Waals surface area contributed by atoms with Crippen LogP contribution in [0.4, 0.5) is 5.13 Å². The third-order valence-electron chi connectivity index (χ3n) is 4.40. The standard InChI is InChI=1S/C20H16ClN2O4S2/c21-14-3-5-15(6-4-14)27-18(19(24)23-20-22-11-12-28-20)13-1-7-16(8-2-13)29(25,26)17-9-10-17/h1-8,12,17-18H,9-10H2,(H,22,23,24). The van der Waals surface area contributed by atoms with E-state index in [0.29, 0.717) is 34.3 Å². The fourth-order valence-corrected chi connectivity index (χ4v) is 5.01. The van der Waals surface area contributed by atoms with Gasteiger partial charge in [0.05, 0.1) is 10.1 Å². The third kappa shape index (κ3) is 4.60. The van der Waals surface area contributed by atoms with Gasteiger partial charge in [-0.3, -0.25) is 10.1 Å². The van der Waals surface area contributed by atoms with Gasteiger partial charge in [-0.05, 0) is 49.2 Å². The molecule has 2 aromatic carbocycles. The maximum Gasteiger partial charge on any atom is 0.271 e. The van der Waals surface area contributed by atoms with Crippen LogP contribution in [0.2, 0.25) is 5.02 Å². The monoisotopic (exact) mass is 447 g/mol. The second kappa shape index (κ2) is 8.14. The maximum absolute atomic E-state index is 12.9. The Morgan fingerprint density at radius 2 is 1.86 bits per heavy atom. The molecule has 0 saturated heterocycles. The number of benzene rings is 2. The lowest BCUT2D eigenvalue weighted by Crippen LogP contribution is -2.25. The van der Waals surface area contributed by atoms with E-state index in [0.717, 1.165) is 0 Å². The van der Waals surface area contributed by atoms with Crippen molar-refractivity contribution in [2.24, 2.45) is 0 Å². The number of carbonyl (C=O) groups excluding carboxylic acids is 1. The van der Waals surface area contributed by atoms with Crippen molar-refractivity contribution in [1.29, 1.82) is 0 Å². The second-order valence-corrected chi connectivity index (χ2v) is 10.1. The first-order chi connectivity index (χ1) is 13.9. The highest BCUT2D eigenvalue weighted by Gasteiger charge is 2.37. The Morgan fingerprint density at radius 3 is 2.45 bits per heavy atom. The molecule has 0 spiro atoms. The third-order valence-corrected chi connectivity index (χ3v) is 7.57. The number of amides is 1. The van der Waals surface area contributed by atoms with E-state index in [2.05, 4.69) is 16.5 Å². The minimum atomic E-state index is -3.30. The molecule has 1 saturated carbocycles. The lowest BCUT2D eigenvalue weighted by atomic mass is 10.1. The summed E-state index contributed by atoms with van der Waals surface area (Å²) >= 11 is 7.15. The number of nitrogens with one attached hydrogen (secondary N) is 1. The summed E-state index contributed by atoms with van der Waals surface area (Å²) in [5, 5.41) is 4.97. The van der Waals surface area contributed by atoms with Crippen LogP contribution in [0.1, 0.15) is 24.5 Å². The summed E-state index contributed by atoms with van der Waals surface area (Å²) < 4.78 is 30.7. The van der Waals surface area contributed by atoms with Crippen LogP contribution >= 0.6 is 22.9 Å². The topological polar surface area (TPSA) is 85.4 Å². The zero-order valence-corrected chi connectivity index (χ0v) is 17.4. The normalized spacial score (nSPS) is 14.9. The lowest BCUT2D eigenvalue weighted by Gasteiger charge is -2.19. The molecule has 1 aliphatic carbocycles. The van der Waals surface area contributed by atoms with Gasteiger partial charge in [-0.25, -0.2) is 13.4 Å². The zero-order valence-electron chi connectivity index (χ0n) is 15.0. The van der Waals surface area contributed by atoms with E-state index in [1.54, 1.807) is 41.8 Å². The first-order valence-corrected chi connectivity index (χ1v) is 11.6. The molecule has 1 heterocycles. The average Bonchev–Trinajstić information content (AvgIpc) is 3.47. The van der Waals surface area contributed by atoms with Crippen LogP contribution in [0.5, 0.6) is 5.75 Å². The number of thiazole rings is 1. The number of anilines is 1. The highest BCUT2D eigenvalue weighted by molar-refractivity contribution is 7.92. The number of sulfone groups is 1. The molecule has 9 heteroatoms. The molecule has 1 aromatic heterocycles. The van der Waals surface area contributed by atoms with Gasteiger partial charge in [0, 0.05) is 16.0 Å². The number of aromatic nitrogens is 1. The first kappa shape index (κ1) is 19.9. The molecular formula is C20H16ClN2O4S2. The number of nitrogens with zero attached hydrogens (tertiary/aromatic N) is 1. The molecule has 1 radical (unpaired) electrons. The predicted molar refractivity (Wildman–Crippen MR) is 111 cm³/mol. The van der Waals surface area contributed by atoms with Gasteiger partial charge in [0.15, 0.2) is 15.0 Å². The van der Waals surface area contributed by atoms with E-state index in [9.17, 15) is 13.2 Å². The van der Waals surface area contributed by atoms with Crippen molar-refractivity contribution >= 4 is 43.8 Å². The molecule has 1 aliphatic rings. The number of rotatable bonds is 7. The summed E-state index contributed by atoms with van der Waals surface area (Å²) in [6.45, 7) is 0. The molecular weight excluding hydrogens is 432 g/mol. The summed E-state index contributed by atoms with van der Waals surface area (Å²) in [4.78, 5) is 17.0. The molecule has 1 amide bonds. The highest BCUT2D eigenvalue weighted by Crippen LogP contribution is 2.34. The fourth-order valence-electron chi connectivity index (χ4n) is 2.75. The van der Waals surface area contributed by atoms with Gasteiger partial charge in [-0.15, -0.1) is 11.3 Å². The Bertz CT molecular complexity index is 1090. The molecule has 1 N–H and O–H groups in total. The average molecular weight is 448 g/mol. The summed E-state index contributed by atoms with van der Waals surface area (Å²) in [5.74, 6) is 0.0241. The SMILES string of the molecule is O=C(Nc1n[c]cs1)C(Oc1ccc(Cl)cc1)c1ccc(S(=O)(=O)C2CC2)cc1. The molecule has 1 atom stereocenters. The van der Waals surface area contributed by atoms with Crippen LogP contribution in [0.3, 0.4) is 0 Å². The van der Waals surface area contributed by atoms with E-state index in [4.69, 9.17) is 16.3 Å². The Hall–Kier alpha value is -2.42. The second-order valence-electron chi connectivity index (χ2n) is 6.54. The summed E-state index contributed by atoms with van der Waals surface area (Å²) in [5.41, 5.74) is 0.521. The molecule has 149 valence electrons. The highest BCUT2D eigenvalue weighted by atomic mass is 35.5. The van der Waals surface area contributed by atoms with Gasteiger partial charge < -0.3 is 4.74 Å². The molecule has 6 nitrogen and oxygen atoms in total. The number of carbonyl (C=O) groups is 1. The Kier molecular flexibility index (Phi) is 5.58. The van der Waals surface area contributed by atoms with E-state index in [-0.39, 0.29) is 10.1 Å². The van der Waals surface area contributed by atoms with Gasteiger partial charge in [-0.1, -0.05) is 23.7 Å². The van der Waals surface area contributed by atoms with Gasteiger partial charge in [-0.2, -0.15) is 0 Å². The Morgan fingerprint density at radius 1 is 1.17 bits per heavy atom. The van der Waals surface area contributed by atoms with E-state index in [1.807, 2.05) is 0 Å². The van der Waals surface area contributed by atoms with Crippen LogP contribution in [0.25, 0.3) is 0 Å². The Labute approximate surface area is 177 Å². The van der Waals surface area contributed by atoms with E-state index >= 15 is 0 Å². The first-order valence-electron chi connectivity index (χ1n) is 8.82. The van der Waals surface area contributed by atoms with Crippen molar-refractivity contribution in [2.75, 3.05) is 5.32 Å². The molecule has 4 rings (SSSR count).